The molecule has 5 nitrogen and oxygen atoms in total. The van der Waals surface area contributed by atoms with E-state index >= 15 is 0 Å². The maximum absolute atomic E-state index is 12.4. The lowest BCUT2D eigenvalue weighted by Gasteiger charge is -2.23. The molecule has 0 aliphatic carbocycles. The molecule has 0 radical (unpaired) electrons. The third kappa shape index (κ3) is 7.68. The van der Waals surface area contributed by atoms with Crippen LogP contribution in [-0.2, 0) is 14.3 Å². The Morgan fingerprint density at radius 3 is 2.54 bits per heavy atom. The molecule has 0 aliphatic rings. The molecular formula is C18H26ClNO4. The van der Waals surface area contributed by atoms with Gasteiger partial charge in [-0.25, -0.2) is 0 Å². The highest BCUT2D eigenvalue weighted by molar-refractivity contribution is 6.32. The van der Waals surface area contributed by atoms with Crippen LogP contribution in [0.1, 0.15) is 33.6 Å². The molecule has 1 aromatic rings. The van der Waals surface area contributed by atoms with Crippen LogP contribution in [0.15, 0.2) is 24.3 Å². The lowest BCUT2D eigenvalue weighted by atomic mass is 10.1. The summed E-state index contributed by atoms with van der Waals surface area (Å²) in [6.07, 6.45) is 1.05. The Morgan fingerprint density at radius 1 is 1.21 bits per heavy atom. The monoisotopic (exact) mass is 355 g/mol. The fourth-order valence-corrected chi connectivity index (χ4v) is 2.22. The summed E-state index contributed by atoms with van der Waals surface area (Å²) in [7, 11) is 0. The second-order valence-electron chi connectivity index (χ2n) is 5.84. The van der Waals surface area contributed by atoms with Gasteiger partial charge in [0, 0.05) is 13.1 Å². The van der Waals surface area contributed by atoms with Crippen LogP contribution in [-0.4, -0.2) is 43.1 Å². The molecule has 0 N–H and O–H groups in total. The number of para-hydroxylation sites is 1. The molecule has 0 aromatic heterocycles. The van der Waals surface area contributed by atoms with Crippen molar-refractivity contribution in [2.45, 2.75) is 33.6 Å². The van der Waals surface area contributed by atoms with Crippen LogP contribution < -0.4 is 4.74 Å². The average molecular weight is 356 g/mol. The summed E-state index contributed by atoms with van der Waals surface area (Å²) < 4.78 is 10.4. The number of ether oxygens (including phenoxy) is 2. The second-order valence-corrected chi connectivity index (χ2v) is 6.24. The molecule has 6 heteroatoms. The Kier molecular flexibility index (Phi) is 9.23. The highest BCUT2D eigenvalue weighted by Gasteiger charge is 2.17. The van der Waals surface area contributed by atoms with E-state index in [1.165, 1.54) is 0 Å². The molecule has 24 heavy (non-hydrogen) atoms. The Balaban J connectivity index is 2.58. The zero-order valence-electron chi connectivity index (χ0n) is 14.6. The first-order chi connectivity index (χ1) is 11.4. The van der Waals surface area contributed by atoms with Crippen molar-refractivity contribution in [2.24, 2.45) is 5.92 Å². The van der Waals surface area contributed by atoms with Crippen molar-refractivity contribution < 1.29 is 19.1 Å². The van der Waals surface area contributed by atoms with Gasteiger partial charge in [0.25, 0.3) is 5.91 Å². The van der Waals surface area contributed by atoms with Gasteiger partial charge in [-0.1, -0.05) is 37.6 Å². The quantitative estimate of drug-likeness (QED) is 0.602. The van der Waals surface area contributed by atoms with Crippen molar-refractivity contribution in [3.63, 3.8) is 0 Å². The molecule has 0 aliphatic heterocycles. The molecule has 0 saturated carbocycles. The van der Waals surface area contributed by atoms with Crippen LogP contribution in [0.3, 0.4) is 0 Å². The lowest BCUT2D eigenvalue weighted by molar-refractivity contribution is -0.144. The summed E-state index contributed by atoms with van der Waals surface area (Å²) in [6.45, 7) is 7.09. The lowest BCUT2D eigenvalue weighted by Crippen LogP contribution is -2.38. The largest absolute Gasteiger partial charge is 0.482 e. The Hall–Kier alpha value is -1.75. The Morgan fingerprint density at radius 2 is 1.92 bits per heavy atom. The number of esters is 1. The van der Waals surface area contributed by atoms with Gasteiger partial charge in [-0.15, -0.1) is 0 Å². The van der Waals surface area contributed by atoms with E-state index in [0.717, 1.165) is 6.42 Å². The maximum atomic E-state index is 12.4. The predicted molar refractivity (Wildman–Crippen MR) is 94.2 cm³/mol. The Labute approximate surface area is 148 Å². The number of nitrogens with zero attached hydrogens (tertiary/aromatic N) is 1. The van der Waals surface area contributed by atoms with Crippen LogP contribution in [0.4, 0.5) is 0 Å². The first-order valence-corrected chi connectivity index (χ1v) is 8.62. The SMILES string of the molecule is CCOC(=O)CCN(CCC(C)C)C(=O)COc1ccccc1Cl. The minimum atomic E-state index is -0.299. The van der Waals surface area contributed by atoms with Crippen LogP contribution in [0.2, 0.25) is 5.02 Å². The van der Waals surface area contributed by atoms with Gasteiger partial charge >= 0.3 is 5.97 Å². The molecule has 0 fully saturated rings. The van der Waals surface area contributed by atoms with Gasteiger partial charge in [0.05, 0.1) is 18.1 Å². The first kappa shape index (κ1) is 20.3. The fraction of sp³-hybridized carbons (Fsp3) is 0.556. The molecule has 0 heterocycles. The van der Waals surface area contributed by atoms with Crippen molar-refractivity contribution in [2.75, 3.05) is 26.3 Å². The van der Waals surface area contributed by atoms with Crippen molar-refractivity contribution >= 4 is 23.5 Å². The fourth-order valence-electron chi connectivity index (χ4n) is 2.03. The van der Waals surface area contributed by atoms with Gasteiger partial charge in [0.15, 0.2) is 6.61 Å². The van der Waals surface area contributed by atoms with E-state index in [2.05, 4.69) is 13.8 Å². The predicted octanol–water partition coefficient (Wildman–Crippen LogP) is 3.55. The van der Waals surface area contributed by atoms with Crippen LogP contribution >= 0.6 is 11.6 Å². The number of amides is 1. The molecule has 1 amide bonds. The number of hydrogen-bond donors (Lipinski definition) is 0. The molecule has 0 saturated heterocycles. The number of carbonyl (C=O) groups is 2. The van der Waals surface area contributed by atoms with E-state index in [4.69, 9.17) is 21.1 Å². The summed E-state index contributed by atoms with van der Waals surface area (Å²) in [5, 5.41) is 0.463. The van der Waals surface area contributed by atoms with E-state index in [0.29, 0.717) is 36.4 Å². The zero-order chi connectivity index (χ0) is 17.9. The van der Waals surface area contributed by atoms with E-state index in [1.54, 1.807) is 36.1 Å². The smallest absolute Gasteiger partial charge is 0.307 e. The summed E-state index contributed by atoms with van der Waals surface area (Å²) in [5.41, 5.74) is 0. The maximum Gasteiger partial charge on any atom is 0.307 e. The van der Waals surface area contributed by atoms with Crippen molar-refractivity contribution in [1.82, 2.24) is 4.90 Å². The standard InChI is InChI=1S/C18H26ClNO4/c1-4-23-18(22)10-12-20(11-9-14(2)3)17(21)13-24-16-8-6-5-7-15(16)19/h5-8,14H,4,9-13H2,1-3H3. The third-order valence-electron chi connectivity index (χ3n) is 3.41. The molecular weight excluding hydrogens is 330 g/mol. The highest BCUT2D eigenvalue weighted by atomic mass is 35.5. The minimum absolute atomic E-state index is 0.106. The van der Waals surface area contributed by atoms with Crippen molar-refractivity contribution in [3.8, 4) is 5.75 Å². The van der Waals surface area contributed by atoms with E-state index < -0.39 is 0 Å². The van der Waals surface area contributed by atoms with E-state index in [-0.39, 0.29) is 24.9 Å². The van der Waals surface area contributed by atoms with Crippen LogP contribution in [0.25, 0.3) is 0 Å². The van der Waals surface area contributed by atoms with Gasteiger partial charge in [0.1, 0.15) is 5.75 Å². The second kappa shape index (κ2) is 10.9. The summed E-state index contributed by atoms with van der Waals surface area (Å²) in [6, 6.07) is 7.01. The first-order valence-electron chi connectivity index (χ1n) is 8.24. The molecule has 134 valence electrons. The summed E-state index contributed by atoms with van der Waals surface area (Å²) in [5.74, 6) is 0.473. The van der Waals surface area contributed by atoms with Gasteiger partial charge < -0.3 is 14.4 Å². The summed E-state index contributed by atoms with van der Waals surface area (Å²) in [4.78, 5) is 25.6. The molecule has 0 bridgehead atoms. The number of halogens is 1. The highest BCUT2D eigenvalue weighted by Crippen LogP contribution is 2.23. The molecule has 0 spiro atoms. The minimum Gasteiger partial charge on any atom is -0.482 e. The van der Waals surface area contributed by atoms with E-state index in [1.807, 2.05) is 0 Å². The van der Waals surface area contributed by atoms with Gasteiger partial charge in [0.2, 0.25) is 0 Å². The number of benzene rings is 1. The van der Waals surface area contributed by atoms with Gasteiger partial charge in [-0.2, -0.15) is 0 Å². The zero-order valence-corrected chi connectivity index (χ0v) is 15.3. The molecule has 0 atom stereocenters. The van der Waals surface area contributed by atoms with E-state index in [9.17, 15) is 9.59 Å². The van der Waals surface area contributed by atoms with Gasteiger partial charge in [-0.3, -0.25) is 9.59 Å². The topological polar surface area (TPSA) is 55.8 Å². The molecule has 0 unspecified atom stereocenters. The molecule has 1 aromatic carbocycles. The van der Waals surface area contributed by atoms with Crippen molar-refractivity contribution in [3.05, 3.63) is 29.3 Å². The van der Waals surface area contributed by atoms with Crippen LogP contribution in [0.5, 0.6) is 5.75 Å². The average Bonchev–Trinajstić information content (AvgIpc) is 2.54. The van der Waals surface area contributed by atoms with Crippen molar-refractivity contribution in [1.29, 1.82) is 0 Å². The van der Waals surface area contributed by atoms with Crippen LogP contribution in [0, 0.1) is 5.92 Å². The normalized spacial score (nSPS) is 10.5. The van der Waals surface area contributed by atoms with Gasteiger partial charge in [-0.05, 0) is 31.4 Å². The molecule has 1 rings (SSSR count). The Bertz CT molecular complexity index is 534. The third-order valence-corrected chi connectivity index (χ3v) is 3.72. The number of rotatable bonds is 10. The number of carbonyl (C=O) groups excluding carboxylic acids is 2. The summed E-state index contributed by atoms with van der Waals surface area (Å²) >= 11 is 6.02. The number of hydrogen-bond acceptors (Lipinski definition) is 4.